The normalized spacial score (nSPS) is 14.4. The molecule has 1 aromatic rings. The molecule has 0 amide bonds. The van der Waals surface area contributed by atoms with Gasteiger partial charge in [0.15, 0.2) is 5.96 Å². The van der Waals surface area contributed by atoms with Gasteiger partial charge in [0.1, 0.15) is 11.5 Å². The highest BCUT2D eigenvalue weighted by atomic mass is 127. The molecule has 0 aromatic heterocycles. The van der Waals surface area contributed by atoms with Gasteiger partial charge in [-0.2, -0.15) is 0 Å². The number of hydrogen-bond donors (Lipinski definition) is 2. The molecule has 0 aliphatic heterocycles. The lowest BCUT2D eigenvalue weighted by molar-refractivity contribution is 0.207. The molecule has 2 rings (SSSR count). The van der Waals surface area contributed by atoms with Crippen molar-refractivity contribution in [3.8, 4) is 11.5 Å². The molecule has 0 spiro atoms. The van der Waals surface area contributed by atoms with Crippen molar-refractivity contribution in [3.05, 3.63) is 23.8 Å². The van der Waals surface area contributed by atoms with Crippen molar-refractivity contribution < 1.29 is 9.47 Å². The van der Waals surface area contributed by atoms with Gasteiger partial charge in [-0.15, -0.1) is 24.0 Å². The van der Waals surface area contributed by atoms with Gasteiger partial charge in [-0.3, -0.25) is 0 Å². The zero-order valence-electron chi connectivity index (χ0n) is 11.7. The minimum Gasteiger partial charge on any atom is -0.497 e. The molecule has 0 unspecified atom stereocenters. The monoisotopic (exact) mass is 391 g/mol. The number of halogens is 1. The summed E-state index contributed by atoms with van der Waals surface area (Å²) in [4.78, 5) is 4.04. The molecule has 0 radical (unpaired) electrons. The van der Waals surface area contributed by atoms with Gasteiger partial charge in [-0.1, -0.05) is 0 Å². The smallest absolute Gasteiger partial charge is 0.186 e. The highest BCUT2D eigenvalue weighted by molar-refractivity contribution is 14.0. The first kappa shape index (κ1) is 16.9. The molecule has 6 heteroatoms. The lowest BCUT2D eigenvalue weighted by atomic mass is 10.2. The molecular weight excluding hydrogens is 369 g/mol. The van der Waals surface area contributed by atoms with E-state index < -0.39 is 0 Å². The molecule has 0 heterocycles. The van der Waals surface area contributed by atoms with Crippen molar-refractivity contribution in [1.29, 1.82) is 0 Å². The summed E-state index contributed by atoms with van der Waals surface area (Å²) >= 11 is 0. The second-order valence-corrected chi connectivity index (χ2v) is 4.74. The topological polar surface area (TPSA) is 82.9 Å². The van der Waals surface area contributed by atoms with Crippen molar-refractivity contribution in [2.75, 3.05) is 7.11 Å². The fourth-order valence-corrected chi connectivity index (χ4v) is 2.26. The maximum Gasteiger partial charge on any atom is 0.186 e. The van der Waals surface area contributed by atoms with Crippen LogP contribution < -0.4 is 20.9 Å². The Kier molecular flexibility index (Phi) is 6.90. The molecule has 5 nitrogen and oxygen atoms in total. The predicted molar refractivity (Wildman–Crippen MR) is 90.8 cm³/mol. The van der Waals surface area contributed by atoms with Crippen LogP contribution in [0.4, 0.5) is 0 Å². The SMILES string of the molecule is COc1ccc(CN=C(N)N)c(OC2CCCC2)c1.I. The van der Waals surface area contributed by atoms with Gasteiger partial charge in [-0.05, 0) is 37.8 Å². The van der Waals surface area contributed by atoms with E-state index in [-0.39, 0.29) is 29.9 Å². The van der Waals surface area contributed by atoms with Gasteiger partial charge in [0.25, 0.3) is 0 Å². The number of aliphatic imine (C=N–C) groups is 1. The molecule has 1 fully saturated rings. The Morgan fingerprint density at radius 3 is 2.60 bits per heavy atom. The number of ether oxygens (including phenoxy) is 2. The summed E-state index contributed by atoms with van der Waals surface area (Å²) in [6.45, 7) is 0.425. The minimum absolute atomic E-state index is 0. The van der Waals surface area contributed by atoms with Crippen LogP contribution in [0, 0.1) is 0 Å². The van der Waals surface area contributed by atoms with E-state index in [2.05, 4.69) is 4.99 Å². The van der Waals surface area contributed by atoms with Gasteiger partial charge in [0.05, 0.1) is 19.8 Å². The molecule has 20 heavy (non-hydrogen) atoms. The van der Waals surface area contributed by atoms with Crippen molar-refractivity contribution >= 4 is 29.9 Å². The van der Waals surface area contributed by atoms with Crippen LogP contribution >= 0.6 is 24.0 Å². The van der Waals surface area contributed by atoms with E-state index in [0.717, 1.165) is 29.9 Å². The number of hydrogen-bond acceptors (Lipinski definition) is 3. The van der Waals surface area contributed by atoms with Gasteiger partial charge in [0.2, 0.25) is 0 Å². The molecular formula is C14H22IN3O2. The van der Waals surface area contributed by atoms with Crippen LogP contribution in [0.15, 0.2) is 23.2 Å². The standard InChI is InChI=1S/C14H21N3O2.HI/c1-18-12-7-6-10(9-17-14(15)16)13(8-12)19-11-4-2-3-5-11;/h6-8,11H,2-5,9H2,1H3,(H4,15,16,17);1H. The molecule has 4 N–H and O–H groups in total. The summed E-state index contributed by atoms with van der Waals surface area (Å²) in [7, 11) is 1.64. The summed E-state index contributed by atoms with van der Waals surface area (Å²) in [6.07, 6.45) is 4.98. The zero-order chi connectivity index (χ0) is 13.7. The number of nitrogens with zero attached hydrogens (tertiary/aromatic N) is 1. The number of rotatable bonds is 5. The maximum atomic E-state index is 6.05. The fourth-order valence-electron chi connectivity index (χ4n) is 2.26. The van der Waals surface area contributed by atoms with Gasteiger partial charge < -0.3 is 20.9 Å². The Morgan fingerprint density at radius 1 is 1.30 bits per heavy atom. The Morgan fingerprint density at radius 2 is 2.00 bits per heavy atom. The average Bonchev–Trinajstić information content (AvgIpc) is 2.90. The number of guanidine groups is 1. The highest BCUT2D eigenvalue weighted by Crippen LogP contribution is 2.30. The van der Waals surface area contributed by atoms with Crippen molar-refractivity contribution in [2.45, 2.75) is 38.3 Å². The van der Waals surface area contributed by atoms with Crippen LogP contribution in [-0.4, -0.2) is 19.2 Å². The van der Waals surface area contributed by atoms with Crippen molar-refractivity contribution in [1.82, 2.24) is 0 Å². The molecule has 0 bridgehead atoms. The first-order chi connectivity index (χ1) is 9.19. The Balaban J connectivity index is 0.00000200. The maximum absolute atomic E-state index is 6.05. The van der Waals surface area contributed by atoms with Crippen LogP contribution in [0.25, 0.3) is 0 Å². The minimum atomic E-state index is 0. The lowest BCUT2D eigenvalue weighted by Crippen LogP contribution is -2.22. The van der Waals surface area contributed by atoms with Crippen LogP contribution in [0.1, 0.15) is 31.2 Å². The third-order valence-electron chi connectivity index (χ3n) is 3.30. The van der Waals surface area contributed by atoms with Gasteiger partial charge >= 0.3 is 0 Å². The lowest BCUT2D eigenvalue weighted by Gasteiger charge is -2.16. The molecule has 0 saturated heterocycles. The van der Waals surface area contributed by atoms with Gasteiger partial charge in [0, 0.05) is 11.6 Å². The first-order valence-electron chi connectivity index (χ1n) is 6.58. The average molecular weight is 391 g/mol. The van der Waals surface area contributed by atoms with E-state index in [1.807, 2.05) is 18.2 Å². The predicted octanol–water partition coefficient (Wildman–Crippen LogP) is 2.41. The number of nitrogens with two attached hydrogens (primary N) is 2. The third kappa shape index (κ3) is 4.73. The first-order valence-corrected chi connectivity index (χ1v) is 6.58. The second kappa shape index (κ2) is 8.18. The second-order valence-electron chi connectivity index (χ2n) is 4.74. The summed E-state index contributed by atoms with van der Waals surface area (Å²) in [6, 6.07) is 5.73. The van der Waals surface area contributed by atoms with Crippen LogP contribution in [0.5, 0.6) is 11.5 Å². The molecule has 112 valence electrons. The van der Waals surface area contributed by atoms with E-state index in [1.165, 1.54) is 12.8 Å². The summed E-state index contributed by atoms with van der Waals surface area (Å²) in [5.74, 6) is 1.68. The van der Waals surface area contributed by atoms with E-state index in [4.69, 9.17) is 20.9 Å². The molecule has 0 atom stereocenters. The van der Waals surface area contributed by atoms with E-state index in [1.54, 1.807) is 7.11 Å². The largest absolute Gasteiger partial charge is 0.497 e. The van der Waals surface area contributed by atoms with E-state index in [9.17, 15) is 0 Å². The van der Waals surface area contributed by atoms with E-state index >= 15 is 0 Å². The van der Waals surface area contributed by atoms with Gasteiger partial charge in [-0.25, -0.2) is 4.99 Å². The fraction of sp³-hybridized carbons (Fsp3) is 0.500. The van der Waals surface area contributed by atoms with Crippen LogP contribution in [-0.2, 0) is 6.54 Å². The number of methoxy groups -OCH3 is 1. The summed E-state index contributed by atoms with van der Waals surface area (Å²) in [5.41, 5.74) is 11.7. The molecule has 1 aliphatic carbocycles. The summed E-state index contributed by atoms with van der Waals surface area (Å²) < 4.78 is 11.3. The molecule has 1 aromatic carbocycles. The zero-order valence-corrected chi connectivity index (χ0v) is 14.0. The molecule has 1 aliphatic rings. The van der Waals surface area contributed by atoms with Crippen LogP contribution in [0.2, 0.25) is 0 Å². The Hall–Kier alpha value is -1.18. The number of benzene rings is 1. The van der Waals surface area contributed by atoms with Crippen LogP contribution in [0.3, 0.4) is 0 Å². The quantitative estimate of drug-likeness (QED) is 0.459. The van der Waals surface area contributed by atoms with E-state index in [0.29, 0.717) is 12.6 Å². The Bertz CT molecular complexity index is 456. The molecule has 1 saturated carbocycles. The van der Waals surface area contributed by atoms with Crippen molar-refractivity contribution in [3.63, 3.8) is 0 Å². The third-order valence-corrected chi connectivity index (χ3v) is 3.30. The van der Waals surface area contributed by atoms with Crippen molar-refractivity contribution in [2.24, 2.45) is 16.5 Å². The summed E-state index contributed by atoms with van der Waals surface area (Å²) in [5, 5.41) is 0. The Labute approximate surface area is 136 Å². The highest BCUT2D eigenvalue weighted by Gasteiger charge is 2.18.